The van der Waals surface area contributed by atoms with Gasteiger partial charge in [0.25, 0.3) is 0 Å². The Morgan fingerprint density at radius 1 is 1.17 bits per heavy atom. The molecule has 3 heteroatoms. The van der Waals surface area contributed by atoms with Gasteiger partial charge in [-0.05, 0) is 37.5 Å². The van der Waals surface area contributed by atoms with E-state index in [9.17, 15) is 0 Å². The van der Waals surface area contributed by atoms with Gasteiger partial charge in [0.1, 0.15) is 6.10 Å². The standard InChI is InChI=1S/C15H18O3/c1-16-14-9-7-12(11-15(14)17-2)6-8-13-5-3-4-10-18-13/h7,9,11,13H,3-5,10H2,1-2H3. The van der Waals surface area contributed by atoms with E-state index >= 15 is 0 Å². The summed E-state index contributed by atoms with van der Waals surface area (Å²) < 4.78 is 16.0. The summed E-state index contributed by atoms with van der Waals surface area (Å²) in [6.45, 7) is 0.825. The van der Waals surface area contributed by atoms with Crippen molar-refractivity contribution in [1.29, 1.82) is 0 Å². The second-order valence-corrected chi connectivity index (χ2v) is 4.19. The molecule has 1 aliphatic heterocycles. The predicted molar refractivity (Wildman–Crippen MR) is 70.0 cm³/mol. The third-order valence-corrected chi connectivity index (χ3v) is 2.94. The summed E-state index contributed by atoms with van der Waals surface area (Å²) in [6, 6.07) is 5.68. The lowest BCUT2D eigenvalue weighted by molar-refractivity contribution is 0.0526. The largest absolute Gasteiger partial charge is 0.493 e. The SMILES string of the molecule is COc1ccc(C#CC2CCCCO2)cc1OC. The number of benzene rings is 1. The first-order valence-electron chi connectivity index (χ1n) is 6.18. The molecule has 0 N–H and O–H groups in total. The fourth-order valence-electron chi connectivity index (χ4n) is 1.93. The quantitative estimate of drug-likeness (QED) is 0.751. The zero-order valence-electron chi connectivity index (χ0n) is 10.9. The normalized spacial score (nSPS) is 18.7. The Morgan fingerprint density at radius 2 is 2.00 bits per heavy atom. The Bertz CT molecular complexity index is 451. The number of rotatable bonds is 2. The molecule has 1 fully saturated rings. The summed E-state index contributed by atoms with van der Waals surface area (Å²) in [5, 5.41) is 0. The molecule has 1 heterocycles. The Morgan fingerprint density at radius 3 is 2.67 bits per heavy atom. The molecule has 0 aliphatic carbocycles. The average molecular weight is 246 g/mol. The molecule has 1 aromatic rings. The maximum Gasteiger partial charge on any atom is 0.161 e. The number of hydrogen-bond donors (Lipinski definition) is 0. The molecule has 1 unspecified atom stereocenters. The minimum absolute atomic E-state index is 0.0758. The Hall–Kier alpha value is -1.66. The summed E-state index contributed by atoms with van der Waals surface area (Å²) in [5.41, 5.74) is 0.918. The monoisotopic (exact) mass is 246 g/mol. The lowest BCUT2D eigenvalue weighted by atomic mass is 10.1. The number of methoxy groups -OCH3 is 2. The zero-order chi connectivity index (χ0) is 12.8. The van der Waals surface area contributed by atoms with Gasteiger partial charge < -0.3 is 14.2 Å². The van der Waals surface area contributed by atoms with Crippen LogP contribution in [0, 0.1) is 11.8 Å². The predicted octanol–water partition coefficient (Wildman–Crippen LogP) is 2.62. The fraction of sp³-hybridized carbons (Fsp3) is 0.467. The van der Waals surface area contributed by atoms with E-state index in [4.69, 9.17) is 14.2 Å². The number of hydrogen-bond acceptors (Lipinski definition) is 3. The summed E-state index contributed by atoms with van der Waals surface area (Å²) in [5.74, 6) is 7.71. The second kappa shape index (κ2) is 6.32. The van der Waals surface area contributed by atoms with Crippen LogP contribution in [0.5, 0.6) is 11.5 Å². The van der Waals surface area contributed by atoms with Crippen molar-refractivity contribution in [1.82, 2.24) is 0 Å². The lowest BCUT2D eigenvalue weighted by Gasteiger charge is -2.17. The van der Waals surface area contributed by atoms with Crippen molar-refractivity contribution in [2.75, 3.05) is 20.8 Å². The highest BCUT2D eigenvalue weighted by Gasteiger charge is 2.10. The Kier molecular flexibility index (Phi) is 4.49. The highest BCUT2D eigenvalue weighted by atomic mass is 16.5. The number of ether oxygens (including phenoxy) is 3. The topological polar surface area (TPSA) is 27.7 Å². The minimum atomic E-state index is 0.0758. The van der Waals surface area contributed by atoms with Crippen molar-refractivity contribution >= 4 is 0 Å². The smallest absolute Gasteiger partial charge is 0.161 e. The van der Waals surface area contributed by atoms with Crippen molar-refractivity contribution in [2.45, 2.75) is 25.4 Å². The fourth-order valence-corrected chi connectivity index (χ4v) is 1.93. The molecule has 96 valence electrons. The van der Waals surface area contributed by atoms with E-state index in [-0.39, 0.29) is 6.10 Å². The Balaban J connectivity index is 2.11. The first kappa shape index (κ1) is 12.8. The van der Waals surface area contributed by atoms with Gasteiger partial charge in [0.2, 0.25) is 0 Å². The molecule has 18 heavy (non-hydrogen) atoms. The van der Waals surface area contributed by atoms with E-state index in [1.165, 1.54) is 6.42 Å². The van der Waals surface area contributed by atoms with Gasteiger partial charge in [-0.3, -0.25) is 0 Å². The highest BCUT2D eigenvalue weighted by molar-refractivity contribution is 5.48. The Labute approximate surface area is 108 Å². The van der Waals surface area contributed by atoms with Gasteiger partial charge >= 0.3 is 0 Å². The van der Waals surface area contributed by atoms with Crippen molar-refractivity contribution in [3.8, 4) is 23.3 Å². The van der Waals surface area contributed by atoms with Crippen LogP contribution in [-0.4, -0.2) is 26.9 Å². The molecule has 0 aromatic heterocycles. The van der Waals surface area contributed by atoms with Gasteiger partial charge in [0.05, 0.1) is 14.2 Å². The molecule has 1 aliphatic rings. The maximum atomic E-state index is 5.57. The van der Waals surface area contributed by atoms with Crippen LogP contribution >= 0.6 is 0 Å². The molecule has 0 amide bonds. The summed E-state index contributed by atoms with van der Waals surface area (Å²) in [6.07, 6.45) is 3.45. The molecule has 2 rings (SSSR count). The molecule has 0 bridgehead atoms. The van der Waals surface area contributed by atoms with E-state index in [1.807, 2.05) is 18.2 Å². The molecule has 0 saturated carbocycles. The van der Waals surface area contributed by atoms with E-state index in [0.717, 1.165) is 30.8 Å². The van der Waals surface area contributed by atoms with Crippen LogP contribution in [0.1, 0.15) is 24.8 Å². The van der Waals surface area contributed by atoms with E-state index < -0.39 is 0 Å². The van der Waals surface area contributed by atoms with Crippen LogP contribution < -0.4 is 9.47 Å². The second-order valence-electron chi connectivity index (χ2n) is 4.19. The summed E-state index contributed by atoms with van der Waals surface area (Å²) in [4.78, 5) is 0. The van der Waals surface area contributed by atoms with E-state index in [1.54, 1.807) is 14.2 Å². The summed E-state index contributed by atoms with van der Waals surface area (Å²) in [7, 11) is 3.25. The summed E-state index contributed by atoms with van der Waals surface area (Å²) >= 11 is 0. The third-order valence-electron chi connectivity index (χ3n) is 2.94. The molecule has 1 saturated heterocycles. The van der Waals surface area contributed by atoms with Gasteiger partial charge in [-0.25, -0.2) is 0 Å². The van der Waals surface area contributed by atoms with Crippen LogP contribution in [-0.2, 0) is 4.74 Å². The van der Waals surface area contributed by atoms with Crippen molar-refractivity contribution in [2.24, 2.45) is 0 Å². The molecule has 3 nitrogen and oxygen atoms in total. The highest BCUT2D eigenvalue weighted by Crippen LogP contribution is 2.27. The van der Waals surface area contributed by atoms with Gasteiger partial charge in [-0.15, -0.1) is 0 Å². The van der Waals surface area contributed by atoms with E-state index in [0.29, 0.717) is 5.75 Å². The van der Waals surface area contributed by atoms with Crippen molar-refractivity contribution in [3.63, 3.8) is 0 Å². The lowest BCUT2D eigenvalue weighted by Crippen LogP contribution is -2.16. The maximum absolute atomic E-state index is 5.57. The van der Waals surface area contributed by atoms with Gasteiger partial charge in [-0.2, -0.15) is 0 Å². The van der Waals surface area contributed by atoms with Crippen molar-refractivity contribution < 1.29 is 14.2 Å². The molecular formula is C15H18O3. The van der Waals surface area contributed by atoms with Gasteiger partial charge in [0, 0.05) is 12.2 Å². The van der Waals surface area contributed by atoms with Crippen LogP contribution in [0.2, 0.25) is 0 Å². The molecular weight excluding hydrogens is 228 g/mol. The third kappa shape index (κ3) is 3.18. The van der Waals surface area contributed by atoms with Crippen LogP contribution in [0.25, 0.3) is 0 Å². The average Bonchev–Trinajstić information content (AvgIpc) is 2.45. The first-order valence-corrected chi connectivity index (χ1v) is 6.18. The minimum Gasteiger partial charge on any atom is -0.493 e. The van der Waals surface area contributed by atoms with E-state index in [2.05, 4.69) is 11.8 Å². The van der Waals surface area contributed by atoms with Gasteiger partial charge in [0.15, 0.2) is 11.5 Å². The van der Waals surface area contributed by atoms with Gasteiger partial charge in [-0.1, -0.05) is 11.8 Å². The van der Waals surface area contributed by atoms with Crippen LogP contribution in [0.3, 0.4) is 0 Å². The molecule has 0 radical (unpaired) electrons. The van der Waals surface area contributed by atoms with Crippen molar-refractivity contribution in [3.05, 3.63) is 23.8 Å². The molecule has 1 aromatic carbocycles. The molecule has 0 spiro atoms. The first-order chi connectivity index (χ1) is 8.83. The molecule has 1 atom stereocenters. The van der Waals surface area contributed by atoms with Crippen LogP contribution in [0.15, 0.2) is 18.2 Å². The van der Waals surface area contributed by atoms with Crippen LogP contribution in [0.4, 0.5) is 0 Å². The zero-order valence-corrected chi connectivity index (χ0v) is 10.9.